The maximum atomic E-state index is 14.1. The van der Waals surface area contributed by atoms with Gasteiger partial charge in [0.2, 0.25) is 9.84 Å². The Kier molecular flexibility index (Phi) is 5.82. The maximum absolute atomic E-state index is 14.1. The van der Waals surface area contributed by atoms with Crippen LogP contribution in [0.3, 0.4) is 0 Å². The Labute approximate surface area is 284 Å². The lowest BCUT2D eigenvalue weighted by atomic mass is 9.62. The first-order chi connectivity index (χ1) is 23.6. The summed E-state index contributed by atoms with van der Waals surface area (Å²) in [6, 6.07) is 56.5. The highest BCUT2D eigenvalue weighted by Crippen LogP contribution is 2.63. The summed E-state index contributed by atoms with van der Waals surface area (Å²) in [5.74, 6) is 0. The number of benzene rings is 7. The van der Waals surface area contributed by atoms with Crippen molar-refractivity contribution in [2.75, 3.05) is 4.90 Å². The Hall–Kier alpha value is -5.36. The normalized spacial score (nSPS) is 15.5. The smallest absolute Gasteiger partial charge is 0.208 e. The summed E-state index contributed by atoms with van der Waals surface area (Å²) in [6.07, 6.45) is 0. The summed E-state index contributed by atoms with van der Waals surface area (Å²) in [7, 11) is -3.70. The number of fused-ring (bicyclic) bond motifs is 11. The molecule has 5 heteroatoms. The van der Waals surface area contributed by atoms with Gasteiger partial charge in [0.25, 0.3) is 0 Å². The number of hydrogen-bond acceptors (Lipinski definition) is 4. The molecule has 0 fully saturated rings. The van der Waals surface area contributed by atoms with Crippen LogP contribution in [-0.2, 0) is 15.3 Å². The first kappa shape index (κ1) is 27.7. The average Bonchev–Trinajstić information content (AvgIpc) is 3.38. The van der Waals surface area contributed by atoms with Crippen LogP contribution >= 0.6 is 11.8 Å². The van der Waals surface area contributed by atoms with Crippen molar-refractivity contribution < 1.29 is 8.42 Å². The third-order valence-electron chi connectivity index (χ3n) is 10.1. The summed E-state index contributed by atoms with van der Waals surface area (Å²) >= 11 is 1.82. The van der Waals surface area contributed by atoms with E-state index in [4.69, 9.17) is 0 Å². The number of anilines is 3. The van der Waals surface area contributed by atoms with E-state index in [-0.39, 0.29) is 0 Å². The van der Waals surface area contributed by atoms with Crippen molar-refractivity contribution in [1.29, 1.82) is 0 Å². The molecule has 3 aliphatic heterocycles. The highest BCUT2D eigenvalue weighted by molar-refractivity contribution is 7.99. The molecule has 48 heavy (non-hydrogen) atoms. The largest absolute Gasteiger partial charge is 0.310 e. The monoisotopic (exact) mass is 653 g/mol. The first-order valence-corrected chi connectivity index (χ1v) is 18.3. The van der Waals surface area contributed by atoms with E-state index in [9.17, 15) is 8.42 Å². The van der Waals surface area contributed by atoms with Gasteiger partial charge in [0.1, 0.15) is 0 Å². The molecule has 3 aliphatic rings. The highest BCUT2D eigenvalue weighted by atomic mass is 32.2. The second kappa shape index (κ2) is 10.1. The molecule has 0 aromatic heterocycles. The summed E-state index contributed by atoms with van der Waals surface area (Å²) in [4.78, 5) is 5.57. The predicted octanol–water partition coefficient (Wildman–Crippen LogP) is 10.8. The van der Waals surface area contributed by atoms with Crippen LogP contribution in [-0.4, -0.2) is 8.42 Å². The van der Waals surface area contributed by atoms with Crippen molar-refractivity contribution in [2.45, 2.75) is 25.0 Å². The van der Waals surface area contributed by atoms with Crippen LogP contribution in [0.4, 0.5) is 17.1 Å². The van der Waals surface area contributed by atoms with E-state index in [2.05, 4.69) is 120 Å². The van der Waals surface area contributed by atoms with E-state index in [1.54, 1.807) is 12.1 Å². The van der Waals surface area contributed by atoms with Crippen LogP contribution in [0.15, 0.2) is 183 Å². The van der Waals surface area contributed by atoms with Crippen molar-refractivity contribution >= 4 is 38.7 Å². The fourth-order valence-corrected chi connectivity index (χ4v) is 11.3. The lowest BCUT2D eigenvalue weighted by Gasteiger charge is -2.49. The fourth-order valence-electron chi connectivity index (χ4n) is 8.19. The molecule has 0 amide bonds. The summed E-state index contributed by atoms with van der Waals surface area (Å²) in [5, 5.41) is 0. The lowest BCUT2D eigenvalue weighted by molar-refractivity contribution is 0.599. The molecule has 0 bridgehead atoms. The van der Waals surface area contributed by atoms with Gasteiger partial charge in [-0.3, -0.25) is 0 Å². The van der Waals surface area contributed by atoms with Gasteiger partial charge in [0.15, 0.2) is 0 Å². The standard InChI is InChI=1S/C43H27NO2S2/c45-48(46)41-24-11-4-15-31(41)32-17-12-16-30(42(32)48)28-25-26-34-38(27-28)44(29-13-2-1-3-14-29)37-21-8-5-18-33(37)43(34)35-19-6-9-22-39(35)47-40-23-10-7-20-36(40)43/h1-27H. The molecule has 10 rings (SSSR count). The van der Waals surface area contributed by atoms with Crippen LogP contribution in [0.2, 0.25) is 0 Å². The van der Waals surface area contributed by atoms with Gasteiger partial charge < -0.3 is 4.90 Å². The predicted molar refractivity (Wildman–Crippen MR) is 193 cm³/mol. The molecule has 0 atom stereocenters. The number of hydrogen-bond donors (Lipinski definition) is 0. The molecule has 1 spiro atoms. The molecule has 0 saturated heterocycles. The van der Waals surface area contributed by atoms with E-state index >= 15 is 0 Å². The minimum absolute atomic E-state index is 0.372. The zero-order valence-electron chi connectivity index (χ0n) is 25.7. The van der Waals surface area contributed by atoms with Crippen LogP contribution in [0.1, 0.15) is 22.3 Å². The van der Waals surface area contributed by atoms with Gasteiger partial charge in [-0.1, -0.05) is 133 Å². The Morgan fingerprint density at radius 2 is 1.06 bits per heavy atom. The first-order valence-electron chi connectivity index (χ1n) is 16.0. The van der Waals surface area contributed by atoms with Crippen molar-refractivity contribution in [2.24, 2.45) is 0 Å². The van der Waals surface area contributed by atoms with Gasteiger partial charge in [-0.25, -0.2) is 8.42 Å². The summed E-state index contributed by atoms with van der Waals surface area (Å²) in [6.45, 7) is 0. The molecule has 0 aliphatic carbocycles. The van der Waals surface area contributed by atoms with E-state index in [1.165, 1.54) is 26.5 Å². The molecule has 0 saturated carbocycles. The molecule has 3 nitrogen and oxygen atoms in total. The Morgan fingerprint density at radius 3 is 1.83 bits per heavy atom. The summed E-state index contributed by atoms with van der Waals surface area (Å²) in [5.41, 5.74) is 10.6. The second-order valence-electron chi connectivity index (χ2n) is 12.4. The van der Waals surface area contributed by atoms with Gasteiger partial charge in [-0.15, -0.1) is 0 Å². The molecule has 228 valence electrons. The van der Waals surface area contributed by atoms with Crippen LogP contribution in [0.25, 0.3) is 22.3 Å². The maximum Gasteiger partial charge on any atom is 0.208 e. The average molecular weight is 654 g/mol. The zero-order valence-corrected chi connectivity index (χ0v) is 27.3. The third-order valence-corrected chi connectivity index (χ3v) is 13.1. The van der Waals surface area contributed by atoms with Crippen molar-refractivity contribution in [3.63, 3.8) is 0 Å². The zero-order chi connectivity index (χ0) is 32.0. The number of sulfone groups is 1. The number of rotatable bonds is 2. The molecule has 3 heterocycles. The molecule has 7 aromatic rings. The minimum atomic E-state index is -3.70. The van der Waals surface area contributed by atoms with E-state index in [1.807, 2.05) is 48.2 Å². The van der Waals surface area contributed by atoms with Crippen LogP contribution < -0.4 is 4.90 Å². The molecule has 0 radical (unpaired) electrons. The molecular weight excluding hydrogens is 627 g/mol. The van der Waals surface area contributed by atoms with Crippen molar-refractivity contribution in [3.8, 4) is 22.3 Å². The Bertz CT molecular complexity index is 2530. The van der Waals surface area contributed by atoms with Gasteiger partial charge in [-0.05, 0) is 70.3 Å². The number of para-hydroxylation sites is 2. The van der Waals surface area contributed by atoms with E-state index in [0.29, 0.717) is 15.4 Å². The highest BCUT2D eigenvalue weighted by Gasteiger charge is 2.50. The van der Waals surface area contributed by atoms with E-state index in [0.717, 1.165) is 39.3 Å². The fraction of sp³-hybridized carbons (Fsp3) is 0.0233. The van der Waals surface area contributed by atoms with Crippen LogP contribution in [0.5, 0.6) is 0 Å². The molecule has 0 N–H and O–H groups in total. The molecule has 0 unspecified atom stereocenters. The lowest BCUT2D eigenvalue weighted by Crippen LogP contribution is -2.39. The van der Waals surface area contributed by atoms with Crippen LogP contribution in [0, 0.1) is 0 Å². The Morgan fingerprint density at radius 1 is 0.479 bits per heavy atom. The van der Waals surface area contributed by atoms with Gasteiger partial charge >= 0.3 is 0 Å². The summed E-state index contributed by atoms with van der Waals surface area (Å²) < 4.78 is 28.2. The van der Waals surface area contributed by atoms with Gasteiger partial charge in [-0.2, -0.15) is 0 Å². The SMILES string of the molecule is O=S1(=O)c2ccccc2-c2cccc(-c3ccc4c(c3)N(c3ccccc3)c3ccccc3C43c4ccccc4Sc4ccccc43)c21. The molecule has 7 aromatic carbocycles. The van der Waals surface area contributed by atoms with E-state index < -0.39 is 15.3 Å². The second-order valence-corrected chi connectivity index (χ2v) is 15.4. The quantitative estimate of drug-likeness (QED) is 0.186. The third kappa shape index (κ3) is 3.58. The van der Waals surface area contributed by atoms with Crippen molar-refractivity contribution in [3.05, 3.63) is 186 Å². The molecular formula is C43H27NO2S2. The van der Waals surface area contributed by atoms with Gasteiger partial charge in [0, 0.05) is 32.2 Å². The number of nitrogens with zero attached hydrogens (tertiary/aromatic N) is 1. The Balaban J connectivity index is 1.32. The topological polar surface area (TPSA) is 37.4 Å². The van der Waals surface area contributed by atoms with Gasteiger partial charge in [0.05, 0.1) is 26.6 Å². The minimum Gasteiger partial charge on any atom is -0.310 e. The van der Waals surface area contributed by atoms with Crippen molar-refractivity contribution in [1.82, 2.24) is 0 Å².